The van der Waals surface area contributed by atoms with Crippen molar-refractivity contribution in [2.45, 2.75) is 20.3 Å². The van der Waals surface area contributed by atoms with E-state index in [1.807, 2.05) is 38.1 Å². The molecular formula is C15H19N3O2. The number of carboxylic acids is 1. The Morgan fingerprint density at radius 3 is 2.80 bits per heavy atom. The molecule has 2 N–H and O–H groups in total. The number of fused-ring (bicyclic) bond motifs is 1. The summed E-state index contributed by atoms with van der Waals surface area (Å²) in [6, 6.07) is 7.77. The van der Waals surface area contributed by atoms with Crippen LogP contribution in [-0.2, 0) is 4.79 Å². The van der Waals surface area contributed by atoms with Gasteiger partial charge in [-0.3, -0.25) is 4.79 Å². The third-order valence-electron chi connectivity index (χ3n) is 3.19. The Labute approximate surface area is 118 Å². The third-order valence-corrected chi connectivity index (χ3v) is 3.19. The van der Waals surface area contributed by atoms with E-state index in [4.69, 9.17) is 0 Å². The van der Waals surface area contributed by atoms with E-state index in [1.54, 1.807) is 6.20 Å². The lowest BCUT2D eigenvalue weighted by Crippen LogP contribution is -2.24. The highest BCUT2D eigenvalue weighted by atomic mass is 16.4. The Balaban J connectivity index is 2.13. The van der Waals surface area contributed by atoms with E-state index in [0.29, 0.717) is 24.7 Å². The Hall–Kier alpha value is -2.17. The predicted molar refractivity (Wildman–Crippen MR) is 78.6 cm³/mol. The zero-order valence-electron chi connectivity index (χ0n) is 11.7. The molecule has 1 unspecified atom stereocenters. The summed E-state index contributed by atoms with van der Waals surface area (Å²) < 4.78 is 0. The maximum absolute atomic E-state index is 11.2. The highest BCUT2D eigenvalue weighted by Gasteiger charge is 2.19. The number of nitrogens with one attached hydrogen (secondary N) is 1. The highest BCUT2D eigenvalue weighted by molar-refractivity contribution is 5.90. The Kier molecular flexibility index (Phi) is 4.50. The van der Waals surface area contributed by atoms with Crippen LogP contribution in [0.3, 0.4) is 0 Å². The average Bonchev–Trinajstić information content (AvgIpc) is 2.42. The molecule has 1 atom stereocenters. The maximum Gasteiger partial charge on any atom is 0.308 e. The van der Waals surface area contributed by atoms with Crippen LogP contribution >= 0.6 is 0 Å². The first kappa shape index (κ1) is 14.2. The average molecular weight is 273 g/mol. The normalized spacial score (nSPS) is 12.6. The van der Waals surface area contributed by atoms with Gasteiger partial charge in [0.05, 0.1) is 12.1 Å². The van der Waals surface area contributed by atoms with E-state index < -0.39 is 11.9 Å². The Morgan fingerprint density at radius 2 is 2.10 bits per heavy atom. The van der Waals surface area contributed by atoms with Gasteiger partial charge in [-0.15, -0.1) is 5.10 Å². The number of nitrogens with zero attached hydrogens (tertiary/aromatic N) is 2. The number of benzene rings is 1. The first-order valence-corrected chi connectivity index (χ1v) is 6.75. The van der Waals surface area contributed by atoms with Gasteiger partial charge in [0.15, 0.2) is 5.82 Å². The first-order chi connectivity index (χ1) is 9.58. The quantitative estimate of drug-likeness (QED) is 0.846. The maximum atomic E-state index is 11.2. The van der Waals surface area contributed by atoms with Gasteiger partial charge in [0.1, 0.15) is 0 Å². The first-order valence-electron chi connectivity index (χ1n) is 6.75. The smallest absolute Gasteiger partial charge is 0.308 e. The molecule has 1 heterocycles. The monoisotopic (exact) mass is 273 g/mol. The van der Waals surface area contributed by atoms with E-state index in [0.717, 1.165) is 10.8 Å². The summed E-state index contributed by atoms with van der Waals surface area (Å²) >= 11 is 0. The fraction of sp³-hybridized carbons (Fsp3) is 0.400. The van der Waals surface area contributed by atoms with Crippen LogP contribution in [-0.4, -0.2) is 27.8 Å². The van der Waals surface area contributed by atoms with Crippen LogP contribution in [0.4, 0.5) is 5.82 Å². The summed E-state index contributed by atoms with van der Waals surface area (Å²) in [5.41, 5.74) is 0. The van der Waals surface area contributed by atoms with Crippen molar-refractivity contribution < 1.29 is 9.90 Å². The minimum atomic E-state index is -0.778. The molecule has 0 saturated heterocycles. The molecule has 5 nitrogen and oxygen atoms in total. The Morgan fingerprint density at radius 1 is 1.35 bits per heavy atom. The second-order valence-corrected chi connectivity index (χ2v) is 5.33. The van der Waals surface area contributed by atoms with Crippen molar-refractivity contribution in [3.05, 3.63) is 30.5 Å². The van der Waals surface area contributed by atoms with Crippen molar-refractivity contribution in [3.63, 3.8) is 0 Å². The second kappa shape index (κ2) is 6.32. The fourth-order valence-electron chi connectivity index (χ4n) is 2.22. The summed E-state index contributed by atoms with van der Waals surface area (Å²) in [5, 5.41) is 22.3. The van der Waals surface area contributed by atoms with Crippen LogP contribution in [0.5, 0.6) is 0 Å². The van der Waals surface area contributed by atoms with Gasteiger partial charge in [-0.05, 0) is 12.3 Å². The summed E-state index contributed by atoms with van der Waals surface area (Å²) in [6.07, 6.45) is 2.34. The van der Waals surface area contributed by atoms with E-state index in [9.17, 15) is 9.90 Å². The lowest BCUT2D eigenvalue weighted by molar-refractivity contribution is -0.141. The van der Waals surface area contributed by atoms with E-state index in [1.165, 1.54) is 0 Å². The van der Waals surface area contributed by atoms with Crippen LogP contribution in [0.25, 0.3) is 10.8 Å². The van der Waals surface area contributed by atoms with Crippen LogP contribution in [0.15, 0.2) is 30.5 Å². The topological polar surface area (TPSA) is 75.1 Å². The van der Waals surface area contributed by atoms with Gasteiger partial charge < -0.3 is 10.4 Å². The van der Waals surface area contributed by atoms with E-state index in [-0.39, 0.29) is 0 Å². The van der Waals surface area contributed by atoms with Gasteiger partial charge in [-0.2, -0.15) is 5.10 Å². The molecule has 0 saturated carbocycles. The number of aliphatic carboxylic acids is 1. The molecule has 0 fully saturated rings. The van der Waals surface area contributed by atoms with Crippen LogP contribution < -0.4 is 5.32 Å². The molecular weight excluding hydrogens is 254 g/mol. The van der Waals surface area contributed by atoms with Crippen molar-refractivity contribution in [2.75, 3.05) is 11.9 Å². The minimum Gasteiger partial charge on any atom is -0.481 e. The lowest BCUT2D eigenvalue weighted by atomic mass is 9.97. The number of rotatable bonds is 6. The van der Waals surface area contributed by atoms with Crippen molar-refractivity contribution >= 4 is 22.6 Å². The van der Waals surface area contributed by atoms with Crippen molar-refractivity contribution in [1.29, 1.82) is 0 Å². The summed E-state index contributed by atoms with van der Waals surface area (Å²) in [5.74, 6) is -0.218. The largest absolute Gasteiger partial charge is 0.481 e. The van der Waals surface area contributed by atoms with Gasteiger partial charge in [0.25, 0.3) is 0 Å². The zero-order chi connectivity index (χ0) is 14.5. The van der Waals surface area contributed by atoms with Crippen LogP contribution in [0.2, 0.25) is 0 Å². The molecule has 0 spiro atoms. The number of hydrogen-bond acceptors (Lipinski definition) is 4. The number of carboxylic acid groups (broad SMARTS) is 1. The zero-order valence-corrected chi connectivity index (χ0v) is 11.7. The number of aromatic nitrogens is 2. The Bertz CT molecular complexity index is 593. The summed E-state index contributed by atoms with van der Waals surface area (Å²) in [7, 11) is 0. The molecule has 0 aliphatic rings. The number of anilines is 1. The summed E-state index contributed by atoms with van der Waals surface area (Å²) in [6.45, 7) is 4.40. The molecule has 5 heteroatoms. The fourth-order valence-corrected chi connectivity index (χ4v) is 2.22. The molecule has 0 bridgehead atoms. The summed E-state index contributed by atoms with van der Waals surface area (Å²) in [4.78, 5) is 11.2. The van der Waals surface area contributed by atoms with Crippen molar-refractivity contribution in [3.8, 4) is 0 Å². The molecule has 106 valence electrons. The SMILES string of the molecule is CC(C)CC(CNc1nncc2ccccc12)C(=O)O. The standard InChI is InChI=1S/C15H19N3O2/c1-10(2)7-12(15(19)20)8-16-14-13-6-4-3-5-11(13)9-17-18-14/h3-6,9-10,12H,7-8H2,1-2H3,(H,16,18)(H,19,20). The molecule has 0 aliphatic heterocycles. The molecule has 0 amide bonds. The highest BCUT2D eigenvalue weighted by Crippen LogP contribution is 2.20. The molecule has 0 aliphatic carbocycles. The van der Waals surface area contributed by atoms with E-state index in [2.05, 4.69) is 15.5 Å². The molecule has 2 rings (SSSR count). The molecule has 20 heavy (non-hydrogen) atoms. The van der Waals surface area contributed by atoms with Crippen molar-refractivity contribution in [2.24, 2.45) is 11.8 Å². The second-order valence-electron chi connectivity index (χ2n) is 5.33. The molecule has 1 aromatic carbocycles. The number of carbonyl (C=O) groups is 1. The third kappa shape index (κ3) is 3.44. The van der Waals surface area contributed by atoms with Crippen molar-refractivity contribution in [1.82, 2.24) is 10.2 Å². The molecule has 0 radical (unpaired) electrons. The van der Waals surface area contributed by atoms with Gasteiger partial charge in [0.2, 0.25) is 0 Å². The molecule has 2 aromatic rings. The minimum absolute atomic E-state index is 0.344. The van der Waals surface area contributed by atoms with E-state index >= 15 is 0 Å². The van der Waals surface area contributed by atoms with Gasteiger partial charge in [0, 0.05) is 17.3 Å². The lowest BCUT2D eigenvalue weighted by Gasteiger charge is -2.16. The predicted octanol–water partition coefficient (Wildman–Crippen LogP) is 2.79. The van der Waals surface area contributed by atoms with Gasteiger partial charge in [-0.25, -0.2) is 0 Å². The number of hydrogen-bond donors (Lipinski definition) is 2. The van der Waals surface area contributed by atoms with Gasteiger partial charge >= 0.3 is 5.97 Å². The van der Waals surface area contributed by atoms with Gasteiger partial charge in [-0.1, -0.05) is 38.1 Å². The van der Waals surface area contributed by atoms with Crippen LogP contribution in [0, 0.1) is 11.8 Å². The van der Waals surface area contributed by atoms with Crippen LogP contribution in [0.1, 0.15) is 20.3 Å². The molecule has 1 aromatic heterocycles.